The number of hydrogen-bond donors (Lipinski definition) is 0. The zero-order valence-corrected chi connectivity index (χ0v) is 11.6. The maximum absolute atomic E-state index is 5.57. The van der Waals surface area contributed by atoms with Crippen molar-refractivity contribution >= 4 is 23.8 Å². The Labute approximate surface area is 84.2 Å². The van der Waals surface area contributed by atoms with E-state index >= 15 is 0 Å². The third-order valence-electron chi connectivity index (χ3n) is 0.779. The van der Waals surface area contributed by atoms with Crippen LogP contribution in [-0.4, -0.2) is 24.6 Å². The van der Waals surface area contributed by atoms with Gasteiger partial charge in [-0.15, -0.1) is 0 Å². The molecule has 12 heavy (non-hydrogen) atoms. The molecule has 0 atom stereocenters. The molecule has 0 saturated carbocycles. The first kappa shape index (κ1) is 12.4. The van der Waals surface area contributed by atoms with E-state index in [0.29, 0.717) is 0 Å². The fourth-order valence-corrected chi connectivity index (χ4v) is 5.30. The topological polar surface area (TPSA) is 18.5 Å². The summed E-state index contributed by atoms with van der Waals surface area (Å²) in [6, 6.07) is 0. The standard InChI is InChI=1S/C8H18GeO2S/c1-7(2,3)10-9(12)11-8(4,5)6/h1-6H3. The Balaban J connectivity index is 3.92. The van der Waals surface area contributed by atoms with Crippen molar-refractivity contribution < 1.29 is 7.53 Å². The molecule has 0 fully saturated rings. The van der Waals surface area contributed by atoms with Crippen LogP contribution in [0.2, 0.25) is 0 Å². The quantitative estimate of drug-likeness (QED) is 0.703. The van der Waals surface area contributed by atoms with Crippen LogP contribution in [-0.2, 0) is 7.53 Å². The summed E-state index contributed by atoms with van der Waals surface area (Å²) in [6.07, 6.45) is 0. The Morgan fingerprint density at radius 2 is 1.08 bits per heavy atom. The second-order valence-electron chi connectivity index (χ2n) is 4.68. The summed E-state index contributed by atoms with van der Waals surface area (Å²) in [5.74, 6) is 0. The van der Waals surface area contributed by atoms with Crippen LogP contribution >= 0.6 is 10.5 Å². The molecule has 0 aromatic carbocycles. The number of hydrogen-bond acceptors (Lipinski definition) is 3. The molecule has 0 aliphatic carbocycles. The Morgan fingerprint density at radius 3 is 1.25 bits per heavy atom. The van der Waals surface area contributed by atoms with E-state index in [-0.39, 0.29) is 11.2 Å². The summed E-state index contributed by atoms with van der Waals surface area (Å²) in [5, 5.41) is 0. The second-order valence-corrected chi connectivity index (χ2v) is 8.32. The van der Waals surface area contributed by atoms with Crippen LogP contribution in [0, 0.1) is 0 Å². The van der Waals surface area contributed by atoms with Crippen molar-refractivity contribution in [3.63, 3.8) is 0 Å². The van der Waals surface area contributed by atoms with Gasteiger partial charge in [0.25, 0.3) is 0 Å². The molecule has 0 unspecified atom stereocenters. The van der Waals surface area contributed by atoms with Crippen LogP contribution < -0.4 is 0 Å². The Morgan fingerprint density at radius 1 is 0.833 bits per heavy atom. The van der Waals surface area contributed by atoms with Gasteiger partial charge in [0, 0.05) is 0 Å². The van der Waals surface area contributed by atoms with E-state index in [4.69, 9.17) is 18.0 Å². The minimum atomic E-state index is -2.13. The van der Waals surface area contributed by atoms with E-state index in [1.807, 2.05) is 41.5 Å². The summed E-state index contributed by atoms with van der Waals surface area (Å²) in [5.41, 5.74) is -0.329. The van der Waals surface area contributed by atoms with Crippen LogP contribution in [0.4, 0.5) is 0 Å². The van der Waals surface area contributed by atoms with Gasteiger partial charge in [0.1, 0.15) is 0 Å². The SMILES string of the molecule is CC(C)(C)[O][Ge](=[S])[O]C(C)(C)C. The average molecular weight is 251 g/mol. The van der Waals surface area contributed by atoms with Gasteiger partial charge in [-0.3, -0.25) is 0 Å². The van der Waals surface area contributed by atoms with E-state index in [1.54, 1.807) is 0 Å². The van der Waals surface area contributed by atoms with E-state index in [2.05, 4.69) is 0 Å². The van der Waals surface area contributed by atoms with E-state index < -0.39 is 13.4 Å². The molecular formula is C8H18GeO2S. The summed E-state index contributed by atoms with van der Waals surface area (Å²) in [4.78, 5) is 0. The minimum absolute atomic E-state index is 0.164. The van der Waals surface area contributed by atoms with Gasteiger partial charge in [-0.2, -0.15) is 0 Å². The van der Waals surface area contributed by atoms with Crippen molar-refractivity contribution in [2.24, 2.45) is 0 Å². The molecular weight excluding hydrogens is 233 g/mol. The first-order chi connectivity index (χ1) is 5.10. The normalized spacial score (nSPS) is 12.5. The maximum atomic E-state index is 5.57. The summed E-state index contributed by atoms with van der Waals surface area (Å²) in [7, 11) is 5.16. The molecule has 0 amide bonds. The molecule has 0 radical (unpaired) electrons. The van der Waals surface area contributed by atoms with Crippen LogP contribution in [0.15, 0.2) is 0 Å². The molecule has 0 saturated heterocycles. The van der Waals surface area contributed by atoms with Gasteiger partial charge < -0.3 is 0 Å². The average Bonchev–Trinajstić information content (AvgIpc) is 1.49. The molecule has 0 rings (SSSR count). The molecule has 0 aromatic rings. The molecule has 0 N–H and O–H groups in total. The summed E-state index contributed by atoms with van der Waals surface area (Å²) in [6.45, 7) is 12.0. The van der Waals surface area contributed by atoms with Crippen molar-refractivity contribution in [1.29, 1.82) is 0 Å². The first-order valence-electron chi connectivity index (χ1n) is 4.02. The molecule has 72 valence electrons. The Hall–Kier alpha value is 0.363. The summed E-state index contributed by atoms with van der Waals surface area (Å²) < 4.78 is 11.1. The van der Waals surface area contributed by atoms with Crippen molar-refractivity contribution in [1.82, 2.24) is 0 Å². The van der Waals surface area contributed by atoms with E-state index in [9.17, 15) is 0 Å². The Bertz CT molecular complexity index is 149. The number of rotatable bonds is 2. The molecule has 2 nitrogen and oxygen atoms in total. The van der Waals surface area contributed by atoms with Gasteiger partial charge in [-0.1, -0.05) is 0 Å². The monoisotopic (exact) mass is 252 g/mol. The Kier molecular flexibility index (Phi) is 4.17. The van der Waals surface area contributed by atoms with Crippen molar-refractivity contribution in [3.8, 4) is 0 Å². The van der Waals surface area contributed by atoms with Gasteiger partial charge in [0.15, 0.2) is 0 Å². The van der Waals surface area contributed by atoms with Crippen molar-refractivity contribution in [3.05, 3.63) is 0 Å². The molecule has 0 bridgehead atoms. The van der Waals surface area contributed by atoms with Crippen LogP contribution in [0.25, 0.3) is 0 Å². The second kappa shape index (κ2) is 4.05. The van der Waals surface area contributed by atoms with E-state index in [1.165, 1.54) is 0 Å². The van der Waals surface area contributed by atoms with Gasteiger partial charge >= 0.3 is 84.1 Å². The molecule has 4 heteroatoms. The molecule has 0 spiro atoms. The summed E-state index contributed by atoms with van der Waals surface area (Å²) >= 11 is -2.13. The first-order valence-corrected chi connectivity index (χ1v) is 8.71. The third kappa shape index (κ3) is 8.46. The zero-order valence-electron chi connectivity index (χ0n) is 8.72. The molecule has 0 aliphatic heterocycles. The van der Waals surface area contributed by atoms with E-state index in [0.717, 1.165) is 0 Å². The van der Waals surface area contributed by atoms with Gasteiger partial charge in [-0.05, 0) is 0 Å². The molecule has 0 aromatic heterocycles. The van der Waals surface area contributed by atoms with Crippen LogP contribution in [0.3, 0.4) is 0 Å². The molecule has 0 heterocycles. The predicted octanol–water partition coefficient (Wildman–Crippen LogP) is 2.80. The van der Waals surface area contributed by atoms with Gasteiger partial charge in [0.05, 0.1) is 0 Å². The van der Waals surface area contributed by atoms with Crippen molar-refractivity contribution in [2.75, 3.05) is 0 Å². The van der Waals surface area contributed by atoms with Crippen LogP contribution in [0.5, 0.6) is 0 Å². The van der Waals surface area contributed by atoms with Crippen molar-refractivity contribution in [2.45, 2.75) is 52.7 Å². The van der Waals surface area contributed by atoms with Gasteiger partial charge in [-0.25, -0.2) is 0 Å². The predicted molar refractivity (Wildman–Crippen MR) is 55.0 cm³/mol. The van der Waals surface area contributed by atoms with Gasteiger partial charge in [0.2, 0.25) is 0 Å². The zero-order chi connectivity index (χ0) is 9.99. The fraction of sp³-hybridized carbons (Fsp3) is 1.00. The molecule has 0 aliphatic rings. The fourth-order valence-electron chi connectivity index (χ4n) is 0.521. The van der Waals surface area contributed by atoms with Crippen LogP contribution in [0.1, 0.15) is 41.5 Å². The third-order valence-corrected chi connectivity index (χ3v) is 4.91.